The molecule has 0 spiro atoms. The lowest BCUT2D eigenvalue weighted by Crippen LogP contribution is -2.06. The Morgan fingerprint density at radius 3 is 2.45 bits per heavy atom. The van der Waals surface area contributed by atoms with Crippen LogP contribution in [0.5, 0.6) is 0 Å². The largest absolute Gasteiger partial charge is 0.377 e. The Kier molecular flexibility index (Phi) is 5.60. The Bertz CT molecular complexity index is 703. The third kappa shape index (κ3) is 4.63. The van der Waals surface area contributed by atoms with E-state index in [0.717, 1.165) is 11.8 Å². The number of benzene rings is 2. The van der Waals surface area contributed by atoms with Crippen LogP contribution in [-0.4, -0.2) is 11.4 Å². The van der Waals surface area contributed by atoms with Gasteiger partial charge < -0.3 is 5.73 Å². The highest BCUT2D eigenvalue weighted by atomic mass is 32.2. The molecule has 0 saturated carbocycles. The van der Waals surface area contributed by atoms with E-state index in [4.69, 9.17) is 5.73 Å². The van der Waals surface area contributed by atoms with Gasteiger partial charge in [0.05, 0.1) is 6.21 Å². The number of nitrogens with zero attached hydrogens (tertiary/aromatic N) is 2. The van der Waals surface area contributed by atoms with Crippen molar-refractivity contribution >= 4 is 23.1 Å². The molecular formula is C15H12F3N3S. The van der Waals surface area contributed by atoms with E-state index < -0.39 is 17.5 Å². The van der Waals surface area contributed by atoms with E-state index in [2.05, 4.69) is 10.2 Å². The SMILES string of the molecule is NC(=NN=Cc1cc(F)c(F)cc1F)SCc1ccccc1. The molecule has 114 valence electrons. The Morgan fingerprint density at radius 1 is 1.05 bits per heavy atom. The van der Waals surface area contributed by atoms with Gasteiger partial charge in [0.25, 0.3) is 0 Å². The fraction of sp³-hybridized carbons (Fsp3) is 0.0667. The maximum Gasteiger partial charge on any atom is 0.180 e. The number of halogens is 3. The van der Waals surface area contributed by atoms with Crippen LogP contribution in [0.25, 0.3) is 0 Å². The van der Waals surface area contributed by atoms with E-state index in [0.29, 0.717) is 17.9 Å². The minimum Gasteiger partial charge on any atom is -0.377 e. The molecule has 7 heteroatoms. The highest BCUT2D eigenvalue weighted by Crippen LogP contribution is 2.13. The van der Waals surface area contributed by atoms with Crippen LogP contribution in [-0.2, 0) is 5.75 Å². The van der Waals surface area contributed by atoms with E-state index in [1.165, 1.54) is 11.8 Å². The van der Waals surface area contributed by atoms with E-state index in [1.54, 1.807) is 0 Å². The molecule has 0 heterocycles. The average Bonchev–Trinajstić information content (AvgIpc) is 2.51. The second-order valence-electron chi connectivity index (χ2n) is 4.24. The van der Waals surface area contributed by atoms with Crippen molar-refractivity contribution in [2.45, 2.75) is 5.75 Å². The molecule has 0 radical (unpaired) electrons. The lowest BCUT2D eigenvalue weighted by atomic mass is 10.2. The van der Waals surface area contributed by atoms with Crippen LogP contribution in [0.1, 0.15) is 11.1 Å². The molecule has 2 aromatic rings. The van der Waals surface area contributed by atoms with Gasteiger partial charge in [-0.1, -0.05) is 42.1 Å². The number of amidine groups is 1. The zero-order chi connectivity index (χ0) is 15.9. The number of hydrogen-bond acceptors (Lipinski definition) is 3. The van der Waals surface area contributed by atoms with Gasteiger partial charge in [0.2, 0.25) is 0 Å². The van der Waals surface area contributed by atoms with Crippen molar-refractivity contribution in [3.63, 3.8) is 0 Å². The molecule has 22 heavy (non-hydrogen) atoms. The third-order valence-corrected chi connectivity index (χ3v) is 3.48. The number of rotatable bonds is 4. The van der Waals surface area contributed by atoms with Crippen LogP contribution in [0.15, 0.2) is 52.7 Å². The molecule has 0 bridgehead atoms. The first kappa shape index (κ1) is 16.1. The summed E-state index contributed by atoms with van der Waals surface area (Å²) in [6.07, 6.45) is 0.980. The Morgan fingerprint density at radius 2 is 1.73 bits per heavy atom. The minimum absolute atomic E-state index is 0.183. The molecular weight excluding hydrogens is 311 g/mol. The Labute approximate surface area is 129 Å². The molecule has 0 aromatic heterocycles. The van der Waals surface area contributed by atoms with Crippen molar-refractivity contribution < 1.29 is 13.2 Å². The highest BCUT2D eigenvalue weighted by Gasteiger charge is 2.07. The quantitative estimate of drug-likeness (QED) is 0.404. The van der Waals surface area contributed by atoms with Crippen molar-refractivity contribution in [3.05, 3.63) is 71.0 Å². The van der Waals surface area contributed by atoms with Gasteiger partial charge in [0.1, 0.15) is 5.82 Å². The van der Waals surface area contributed by atoms with Gasteiger partial charge in [0, 0.05) is 17.4 Å². The zero-order valence-corrected chi connectivity index (χ0v) is 12.2. The molecule has 0 unspecified atom stereocenters. The molecule has 0 fully saturated rings. The third-order valence-electron chi connectivity index (χ3n) is 2.62. The molecule has 3 nitrogen and oxygen atoms in total. The Hall–Kier alpha value is -2.28. The van der Waals surface area contributed by atoms with Crippen molar-refractivity contribution in [1.29, 1.82) is 0 Å². The number of hydrogen-bond donors (Lipinski definition) is 1. The predicted octanol–water partition coefficient (Wildman–Crippen LogP) is 3.69. The first-order valence-electron chi connectivity index (χ1n) is 6.24. The summed E-state index contributed by atoms with van der Waals surface area (Å²) >= 11 is 1.26. The molecule has 2 aromatic carbocycles. The van der Waals surface area contributed by atoms with Crippen LogP contribution in [0, 0.1) is 17.5 Å². The standard InChI is InChI=1S/C15H12F3N3S/c16-12-7-14(18)13(17)6-11(12)8-20-21-15(19)22-9-10-4-2-1-3-5-10/h1-8H,9H2,(H2,19,21). The van der Waals surface area contributed by atoms with Crippen molar-refractivity contribution in [2.75, 3.05) is 0 Å². The molecule has 0 aliphatic carbocycles. The summed E-state index contributed by atoms with van der Waals surface area (Å²) in [7, 11) is 0. The first-order chi connectivity index (χ1) is 10.6. The minimum atomic E-state index is -1.25. The molecule has 2 N–H and O–H groups in total. The summed E-state index contributed by atoms with van der Waals surface area (Å²) in [4.78, 5) is 0. The summed E-state index contributed by atoms with van der Waals surface area (Å²) in [5, 5.41) is 7.43. The van der Waals surface area contributed by atoms with E-state index in [1.807, 2.05) is 30.3 Å². The maximum absolute atomic E-state index is 13.3. The van der Waals surface area contributed by atoms with E-state index >= 15 is 0 Å². The summed E-state index contributed by atoms with van der Waals surface area (Å²) in [5.41, 5.74) is 6.51. The molecule has 0 amide bonds. The summed E-state index contributed by atoms with van der Waals surface area (Å²) in [6, 6.07) is 10.8. The Balaban J connectivity index is 1.97. The van der Waals surface area contributed by atoms with Crippen LogP contribution in [0.4, 0.5) is 13.2 Å². The molecule has 0 aliphatic heterocycles. The lowest BCUT2D eigenvalue weighted by Gasteiger charge is -1.99. The van der Waals surface area contributed by atoms with Gasteiger partial charge in [-0.15, -0.1) is 5.10 Å². The number of nitrogens with two attached hydrogens (primary N) is 1. The van der Waals surface area contributed by atoms with Crippen molar-refractivity contribution in [2.24, 2.45) is 15.9 Å². The lowest BCUT2D eigenvalue weighted by molar-refractivity contribution is 0.494. The summed E-state index contributed by atoms with van der Waals surface area (Å²) in [5.74, 6) is -2.71. The van der Waals surface area contributed by atoms with Gasteiger partial charge in [-0.2, -0.15) is 5.10 Å². The second kappa shape index (κ2) is 7.65. The molecule has 0 aliphatic rings. The van der Waals surface area contributed by atoms with Gasteiger partial charge in [-0.25, -0.2) is 13.2 Å². The van der Waals surface area contributed by atoms with Gasteiger partial charge >= 0.3 is 0 Å². The van der Waals surface area contributed by atoms with Gasteiger partial charge in [-0.3, -0.25) is 0 Å². The number of thioether (sulfide) groups is 1. The van der Waals surface area contributed by atoms with E-state index in [9.17, 15) is 13.2 Å². The van der Waals surface area contributed by atoms with E-state index in [-0.39, 0.29) is 10.7 Å². The molecule has 2 rings (SSSR count). The predicted molar refractivity (Wildman–Crippen MR) is 83.3 cm³/mol. The van der Waals surface area contributed by atoms with Crippen LogP contribution in [0.3, 0.4) is 0 Å². The summed E-state index contributed by atoms with van der Waals surface area (Å²) < 4.78 is 39.1. The molecule has 0 atom stereocenters. The average molecular weight is 323 g/mol. The van der Waals surface area contributed by atoms with Crippen LogP contribution < -0.4 is 5.73 Å². The summed E-state index contributed by atoms with van der Waals surface area (Å²) in [6.45, 7) is 0. The fourth-order valence-electron chi connectivity index (χ4n) is 1.55. The van der Waals surface area contributed by atoms with Crippen molar-refractivity contribution in [1.82, 2.24) is 0 Å². The monoisotopic (exact) mass is 323 g/mol. The zero-order valence-electron chi connectivity index (χ0n) is 11.3. The first-order valence-corrected chi connectivity index (χ1v) is 7.22. The van der Waals surface area contributed by atoms with Crippen LogP contribution in [0.2, 0.25) is 0 Å². The highest BCUT2D eigenvalue weighted by molar-refractivity contribution is 8.13. The maximum atomic E-state index is 13.3. The van der Waals surface area contributed by atoms with Gasteiger partial charge in [-0.05, 0) is 11.6 Å². The van der Waals surface area contributed by atoms with Crippen LogP contribution >= 0.6 is 11.8 Å². The smallest absolute Gasteiger partial charge is 0.180 e. The normalized spacial score (nSPS) is 12.0. The van der Waals surface area contributed by atoms with Gasteiger partial charge in [0.15, 0.2) is 16.8 Å². The van der Waals surface area contributed by atoms with Crippen molar-refractivity contribution in [3.8, 4) is 0 Å². The fourth-order valence-corrected chi connectivity index (χ4v) is 2.16. The second-order valence-corrected chi connectivity index (χ2v) is 5.24. The molecule has 0 saturated heterocycles. The topological polar surface area (TPSA) is 50.7 Å².